The number of benzene rings is 6. The van der Waals surface area contributed by atoms with Gasteiger partial charge in [0.15, 0.2) is 11.5 Å². The van der Waals surface area contributed by atoms with E-state index in [4.69, 9.17) is 0 Å². The second-order valence-corrected chi connectivity index (χ2v) is 8.91. The van der Waals surface area contributed by atoms with Crippen LogP contribution in [0, 0.1) is 0 Å². The Morgan fingerprint density at radius 2 is 0.703 bits per heavy atom. The minimum absolute atomic E-state index is 0.178. The molecule has 5 heteroatoms. The fraction of sp³-hybridized carbons (Fsp3) is 0. The monoisotopic (exact) mass is 486 g/mol. The first-order valence-electron chi connectivity index (χ1n) is 11.8. The molecule has 5 nitrogen and oxygen atoms in total. The molecular formula is C32H22O5. The molecule has 6 rings (SSSR count). The predicted molar refractivity (Wildman–Crippen MR) is 146 cm³/mol. The van der Waals surface area contributed by atoms with Crippen molar-refractivity contribution in [3.63, 3.8) is 0 Å². The van der Waals surface area contributed by atoms with Gasteiger partial charge in [0.25, 0.3) is 0 Å². The summed E-state index contributed by atoms with van der Waals surface area (Å²) in [4.78, 5) is 0. The number of hydrogen-bond donors (Lipinski definition) is 5. The molecule has 0 spiro atoms. The zero-order chi connectivity index (χ0) is 25.7. The minimum atomic E-state index is -0.984. The van der Waals surface area contributed by atoms with Crippen LogP contribution >= 0.6 is 0 Å². The van der Waals surface area contributed by atoms with E-state index in [1.165, 1.54) is 0 Å². The Labute approximate surface area is 212 Å². The predicted octanol–water partition coefficient (Wildman–Crippen LogP) is 7.52. The van der Waals surface area contributed by atoms with Crippen molar-refractivity contribution >= 4 is 21.5 Å². The normalized spacial score (nSPS) is 11.2. The summed E-state index contributed by atoms with van der Waals surface area (Å²) < 4.78 is 0. The smallest absolute Gasteiger partial charge is 0.208 e. The van der Waals surface area contributed by atoms with Gasteiger partial charge in [-0.05, 0) is 55.4 Å². The lowest BCUT2D eigenvalue weighted by atomic mass is 9.84. The Morgan fingerprint density at radius 3 is 1.22 bits per heavy atom. The van der Waals surface area contributed by atoms with Crippen LogP contribution in [0.2, 0.25) is 0 Å². The summed E-state index contributed by atoms with van der Waals surface area (Å²) in [5.41, 5.74) is 4.23. The molecule has 0 aliphatic carbocycles. The van der Waals surface area contributed by atoms with E-state index < -0.39 is 28.7 Å². The van der Waals surface area contributed by atoms with Crippen LogP contribution in [0.5, 0.6) is 28.7 Å². The second-order valence-electron chi connectivity index (χ2n) is 8.91. The van der Waals surface area contributed by atoms with E-state index in [-0.39, 0.29) is 5.56 Å². The summed E-state index contributed by atoms with van der Waals surface area (Å²) in [6, 6.07) is 33.7. The third-order valence-corrected chi connectivity index (χ3v) is 6.81. The highest BCUT2D eigenvalue weighted by molar-refractivity contribution is 6.22. The molecule has 0 atom stereocenters. The quantitative estimate of drug-likeness (QED) is 0.101. The molecule has 0 bridgehead atoms. The van der Waals surface area contributed by atoms with Gasteiger partial charge in [0, 0.05) is 0 Å². The van der Waals surface area contributed by atoms with Gasteiger partial charge < -0.3 is 25.5 Å². The number of rotatable bonds is 3. The largest absolute Gasteiger partial charge is 0.504 e. The van der Waals surface area contributed by atoms with Gasteiger partial charge in [-0.1, -0.05) is 97.1 Å². The molecule has 0 radical (unpaired) electrons. The zero-order valence-corrected chi connectivity index (χ0v) is 19.6. The van der Waals surface area contributed by atoms with Gasteiger partial charge >= 0.3 is 0 Å². The minimum Gasteiger partial charge on any atom is -0.504 e. The average Bonchev–Trinajstić information content (AvgIpc) is 2.94. The van der Waals surface area contributed by atoms with Gasteiger partial charge in [-0.15, -0.1) is 0 Å². The highest BCUT2D eigenvalue weighted by Gasteiger charge is 2.25. The Hall–Kier alpha value is -5.16. The maximum atomic E-state index is 10.6. The maximum absolute atomic E-state index is 10.6. The van der Waals surface area contributed by atoms with Gasteiger partial charge in [-0.2, -0.15) is 0 Å². The van der Waals surface area contributed by atoms with Crippen LogP contribution in [-0.4, -0.2) is 25.5 Å². The van der Waals surface area contributed by atoms with Gasteiger partial charge in [0.2, 0.25) is 17.2 Å². The van der Waals surface area contributed by atoms with Crippen molar-refractivity contribution in [2.75, 3.05) is 0 Å². The van der Waals surface area contributed by atoms with Crippen LogP contribution in [0.15, 0.2) is 103 Å². The number of phenols is 5. The molecule has 6 aromatic carbocycles. The first-order chi connectivity index (χ1) is 18.0. The van der Waals surface area contributed by atoms with Crippen LogP contribution in [0.1, 0.15) is 0 Å². The summed E-state index contributed by atoms with van der Waals surface area (Å²) in [6.07, 6.45) is 0. The molecule has 0 aliphatic rings. The zero-order valence-electron chi connectivity index (χ0n) is 19.6. The van der Waals surface area contributed by atoms with Crippen molar-refractivity contribution in [3.05, 3.63) is 103 Å². The number of hydrogen-bond acceptors (Lipinski definition) is 5. The summed E-state index contributed by atoms with van der Waals surface area (Å²) in [6.45, 7) is 0. The average molecular weight is 487 g/mol. The van der Waals surface area contributed by atoms with Crippen LogP contribution < -0.4 is 0 Å². The number of aromatic hydroxyl groups is 5. The Kier molecular flexibility index (Phi) is 5.13. The molecule has 0 amide bonds. The molecule has 0 aliphatic heterocycles. The molecule has 37 heavy (non-hydrogen) atoms. The third kappa shape index (κ3) is 3.40. The Balaban J connectivity index is 1.80. The van der Waals surface area contributed by atoms with Crippen molar-refractivity contribution in [1.82, 2.24) is 0 Å². The fourth-order valence-electron chi connectivity index (χ4n) is 5.12. The summed E-state index contributed by atoms with van der Waals surface area (Å²) in [7, 11) is 0. The van der Waals surface area contributed by atoms with Crippen LogP contribution in [-0.2, 0) is 0 Å². The maximum Gasteiger partial charge on any atom is 0.208 e. The topological polar surface area (TPSA) is 101 Å². The van der Waals surface area contributed by atoms with Gasteiger partial charge in [-0.3, -0.25) is 0 Å². The van der Waals surface area contributed by atoms with E-state index in [1.807, 2.05) is 72.8 Å². The Bertz CT molecular complexity index is 1780. The van der Waals surface area contributed by atoms with Crippen molar-refractivity contribution < 1.29 is 25.5 Å². The summed E-state index contributed by atoms with van der Waals surface area (Å²) in [5, 5.41) is 55.3. The molecule has 180 valence electrons. The molecule has 0 heterocycles. The van der Waals surface area contributed by atoms with E-state index in [1.54, 1.807) is 6.07 Å². The molecule has 0 fully saturated rings. The van der Waals surface area contributed by atoms with Crippen molar-refractivity contribution in [2.45, 2.75) is 0 Å². The molecule has 5 N–H and O–H groups in total. The Morgan fingerprint density at radius 1 is 0.297 bits per heavy atom. The van der Waals surface area contributed by atoms with Gasteiger partial charge in [0.05, 0.1) is 5.56 Å². The molecule has 0 saturated carbocycles. The van der Waals surface area contributed by atoms with E-state index in [2.05, 4.69) is 24.3 Å². The molecule has 0 saturated heterocycles. The third-order valence-electron chi connectivity index (χ3n) is 6.81. The molecule has 0 aromatic heterocycles. The van der Waals surface area contributed by atoms with Crippen LogP contribution in [0.3, 0.4) is 0 Å². The van der Waals surface area contributed by atoms with Crippen molar-refractivity contribution in [3.8, 4) is 62.1 Å². The number of fused-ring (bicyclic) bond motifs is 2. The van der Waals surface area contributed by atoms with Crippen molar-refractivity contribution in [2.24, 2.45) is 0 Å². The molecule has 0 unspecified atom stereocenters. The summed E-state index contributed by atoms with van der Waals surface area (Å²) >= 11 is 0. The molecular weight excluding hydrogens is 464 g/mol. The van der Waals surface area contributed by atoms with E-state index in [9.17, 15) is 25.5 Å². The van der Waals surface area contributed by atoms with E-state index in [0.29, 0.717) is 5.56 Å². The number of phenolic OH excluding ortho intramolecular Hbond substituents is 5. The standard InChI is InChI=1S/C32H22O5/c33-28-27(29(34)31(36)32(37)30(28)35)20-15-16-23-24(17-20)26(19-11-5-2-6-12-19)22-14-8-7-13-21(22)25(23)18-9-3-1-4-10-18/h1-17,33-37H. The SMILES string of the molecule is Oc1c(O)c(O)c(-c2ccc3c(-c4ccccc4)c4ccccc4c(-c4ccccc4)c3c2)c(O)c1O. The van der Waals surface area contributed by atoms with Crippen LogP contribution in [0.25, 0.3) is 54.9 Å². The van der Waals surface area contributed by atoms with E-state index in [0.717, 1.165) is 43.8 Å². The van der Waals surface area contributed by atoms with Gasteiger partial charge in [0.1, 0.15) is 0 Å². The first-order valence-corrected chi connectivity index (χ1v) is 11.8. The van der Waals surface area contributed by atoms with Crippen LogP contribution in [0.4, 0.5) is 0 Å². The molecule has 6 aromatic rings. The lowest BCUT2D eigenvalue weighted by molar-refractivity contribution is 0.330. The second kappa shape index (κ2) is 8.50. The highest BCUT2D eigenvalue weighted by atomic mass is 16.4. The van der Waals surface area contributed by atoms with E-state index >= 15 is 0 Å². The lowest BCUT2D eigenvalue weighted by Crippen LogP contribution is -1.92. The van der Waals surface area contributed by atoms with Gasteiger partial charge in [-0.25, -0.2) is 0 Å². The lowest BCUT2D eigenvalue weighted by Gasteiger charge is -2.19. The van der Waals surface area contributed by atoms with Crippen molar-refractivity contribution in [1.29, 1.82) is 0 Å². The first kappa shape index (κ1) is 22.3. The summed E-state index contributed by atoms with van der Waals surface area (Å²) in [5.74, 6) is -4.24. The fourth-order valence-corrected chi connectivity index (χ4v) is 5.12. The highest BCUT2D eigenvalue weighted by Crippen LogP contribution is 2.55.